The first-order valence-corrected chi connectivity index (χ1v) is 8.70. The van der Waals surface area contributed by atoms with Gasteiger partial charge >= 0.3 is 12.3 Å². The molecule has 0 saturated carbocycles. The lowest BCUT2D eigenvalue weighted by Crippen LogP contribution is -2.42. The summed E-state index contributed by atoms with van der Waals surface area (Å²) in [6.07, 6.45) is -1.34. The van der Waals surface area contributed by atoms with Gasteiger partial charge in [-0.25, -0.2) is 4.79 Å². The van der Waals surface area contributed by atoms with Crippen LogP contribution in [-0.4, -0.2) is 34.3 Å². The molecule has 0 bridgehead atoms. The van der Waals surface area contributed by atoms with Gasteiger partial charge < -0.3 is 14.2 Å². The highest BCUT2D eigenvalue weighted by molar-refractivity contribution is 5.81. The van der Waals surface area contributed by atoms with E-state index in [0.717, 1.165) is 24.4 Å². The van der Waals surface area contributed by atoms with E-state index >= 15 is 0 Å². The maximum absolute atomic E-state index is 12.9. The lowest BCUT2D eigenvalue weighted by Gasteiger charge is -2.34. The predicted molar refractivity (Wildman–Crippen MR) is 93.0 cm³/mol. The highest BCUT2D eigenvalue weighted by Gasteiger charge is 2.31. The number of carbonyl (C=O) groups is 1. The molecule has 1 fully saturated rings. The van der Waals surface area contributed by atoms with Crippen LogP contribution in [0.25, 0.3) is 10.9 Å². The van der Waals surface area contributed by atoms with Crippen molar-refractivity contribution in [3.8, 4) is 0 Å². The Balaban J connectivity index is 1.71. The fourth-order valence-electron chi connectivity index (χ4n) is 3.31. The number of halogens is 3. The molecule has 0 spiro atoms. The molecule has 0 unspecified atom stereocenters. The number of likely N-dealkylation sites (tertiary alicyclic amines) is 1. The van der Waals surface area contributed by atoms with E-state index in [0.29, 0.717) is 18.5 Å². The molecule has 7 heteroatoms. The van der Waals surface area contributed by atoms with Crippen molar-refractivity contribution in [1.29, 1.82) is 0 Å². The molecular formula is C19H23F3N2O2. The lowest BCUT2D eigenvalue weighted by molar-refractivity contribution is -0.137. The molecule has 1 aromatic carbocycles. The van der Waals surface area contributed by atoms with Crippen molar-refractivity contribution in [3.05, 3.63) is 36.0 Å². The Kier molecular flexibility index (Phi) is 4.67. The van der Waals surface area contributed by atoms with Crippen molar-refractivity contribution in [3.63, 3.8) is 0 Å². The van der Waals surface area contributed by atoms with E-state index in [2.05, 4.69) is 0 Å². The topological polar surface area (TPSA) is 34.5 Å². The molecule has 1 amide bonds. The van der Waals surface area contributed by atoms with Crippen molar-refractivity contribution in [2.24, 2.45) is 0 Å². The van der Waals surface area contributed by atoms with Crippen molar-refractivity contribution < 1.29 is 22.7 Å². The van der Waals surface area contributed by atoms with Crippen LogP contribution in [0, 0.1) is 0 Å². The zero-order chi connectivity index (χ0) is 19.1. The number of carbonyl (C=O) groups excluding carboxylic acids is 1. The average Bonchev–Trinajstić information content (AvgIpc) is 2.95. The van der Waals surface area contributed by atoms with E-state index in [9.17, 15) is 18.0 Å². The fraction of sp³-hybridized carbons (Fsp3) is 0.526. The third-order valence-corrected chi connectivity index (χ3v) is 4.56. The van der Waals surface area contributed by atoms with E-state index in [1.54, 1.807) is 11.0 Å². The van der Waals surface area contributed by atoms with Gasteiger partial charge in [-0.15, -0.1) is 0 Å². The Hall–Kier alpha value is -2.18. The largest absolute Gasteiger partial charge is 0.444 e. The Morgan fingerprint density at radius 1 is 1.12 bits per heavy atom. The number of piperidine rings is 1. The van der Waals surface area contributed by atoms with Gasteiger partial charge in [0.05, 0.1) is 5.56 Å². The smallest absolute Gasteiger partial charge is 0.416 e. The molecule has 1 aromatic heterocycles. The van der Waals surface area contributed by atoms with Gasteiger partial charge in [0.25, 0.3) is 0 Å². The van der Waals surface area contributed by atoms with Crippen LogP contribution in [0.3, 0.4) is 0 Å². The molecule has 0 radical (unpaired) electrons. The molecule has 4 nitrogen and oxygen atoms in total. The number of ether oxygens (including phenoxy) is 1. The third kappa shape index (κ3) is 3.97. The highest BCUT2D eigenvalue weighted by Crippen LogP contribution is 2.34. The van der Waals surface area contributed by atoms with Gasteiger partial charge in [-0.3, -0.25) is 0 Å². The van der Waals surface area contributed by atoms with Gasteiger partial charge in [0.1, 0.15) is 5.60 Å². The van der Waals surface area contributed by atoms with Crippen LogP contribution >= 0.6 is 0 Å². The van der Waals surface area contributed by atoms with Crippen molar-refractivity contribution in [2.45, 2.75) is 51.4 Å². The molecule has 2 aromatic rings. The Labute approximate surface area is 150 Å². The monoisotopic (exact) mass is 368 g/mol. The van der Waals surface area contributed by atoms with Crippen molar-refractivity contribution in [1.82, 2.24) is 9.47 Å². The molecule has 1 aliphatic heterocycles. The van der Waals surface area contributed by atoms with Gasteiger partial charge in [0.2, 0.25) is 0 Å². The molecular weight excluding hydrogens is 345 g/mol. The molecule has 0 aliphatic carbocycles. The van der Waals surface area contributed by atoms with Crippen molar-refractivity contribution >= 4 is 17.0 Å². The summed E-state index contributed by atoms with van der Waals surface area (Å²) in [7, 11) is 0. The molecule has 26 heavy (non-hydrogen) atoms. The SMILES string of the molecule is CC(C)(C)OC(=O)N1CCC(n2ccc3cc(C(F)(F)F)ccc32)CC1. The number of aromatic nitrogens is 1. The van der Waals surface area contributed by atoms with E-state index < -0.39 is 17.3 Å². The minimum atomic E-state index is -4.34. The van der Waals surface area contributed by atoms with Crippen LogP contribution in [0.5, 0.6) is 0 Å². The van der Waals surface area contributed by atoms with E-state index in [1.165, 1.54) is 12.1 Å². The summed E-state index contributed by atoms with van der Waals surface area (Å²) < 4.78 is 46.0. The molecule has 142 valence electrons. The first-order chi connectivity index (χ1) is 12.0. The Morgan fingerprint density at radius 2 is 1.77 bits per heavy atom. The second-order valence-corrected chi connectivity index (χ2v) is 7.69. The van der Waals surface area contributed by atoms with Gasteiger partial charge in [-0.1, -0.05) is 0 Å². The summed E-state index contributed by atoms with van der Waals surface area (Å²) in [5.74, 6) is 0. The quantitative estimate of drug-likeness (QED) is 0.691. The standard InChI is InChI=1S/C19H23F3N2O2/c1-18(2,3)26-17(25)23-9-7-15(8-10-23)24-11-6-13-12-14(19(20,21)22)4-5-16(13)24/h4-6,11-12,15H,7-10H2,1-3H3. The lowest BCUT2D eigenvalue weighted by atomic mass is 10.0. The Bertz CT molecular complexity index is 797. The van der Waals surface area contributed by atoms with E-state index in [1.807, 2.05) is 31.5 Å². The number of rotatable bonds is 1. The summed E-state index contributed by atoms with van der Waals surface area (Å²) in [6, 6.07) is 5.70. The first kappa shape index (κ1) is 18.6. The van der Waals surface area contributed by atoms with Crippen LogP contribution in [0.4, 0.5) is 18.0 Å². The number of benzene rings is 1. The minimum Gasteiger partial charge on any atom is -0.444 e. The second kappa shape index (κ2) is 6.52. The van der Waals surface area contributed by atoms with E-state index in [4.69, 9.17) is 4.74 Å². The van der Waals surface area contributed by atoms with Gasteiger partial charge in [-0.05, 0) is 57.9 Å². The summed E-state index contributed by atoms with van der Waals surface area (Å²) in [4.78, 5) is 13.8. The molecule has 1 aliphatic rings. The Morgan fingerprint density at radius 3 is 2.35 bits per heavy atom. The zero-order valence-corrected chi connectivity index (χ0v) is 15.1. The van der Waals surface area contributed by atoms with Crippen LogP contribution in [-0.2, 0) is 10.9 Å². The summed E-state index contributed by atoms with van der Waals surface area (Å²) >= 11 is 0. The minimum absolute atomic E-state index is 0.155. The number of amides is 1. The first-order valence-electron chi connectivity index (χ1n) is 8.70. The van der Waals surface area contributed by atoms with Crippen LogP contribution in [0.2, 0.25) is 0 Å². The van der Waals surface area contributed by atoms with Crippen molar-refractivity contribution in [2.75, 3.05) is 13.1 Å². The van der Waals surface area contributed by atoms with E-state index in [-0.39, 0.29) is 12.1 Å². The summed E-state index contributed by atoms with van der Waals surface area (Å²) in [5.41, 5.74) is -0.378. The van der Waals surface area contributed by atoms with Crippen LogP contribution < -0.4 is 0 Å². The number of alkyl halides is 3. The normalized spacial score (nSPS) is 16.9. The fourth-order valence-corrected chi connectivity index (χ4v) is 3.31. The number of fused-ring (bicyclic) bond motifs is 1. The maximum Gasteiger partial charge on any atom is 0.416 e. The maximum atomic E-state index is 12.9. The molecule has 1 saturated heterocycles. The molecule has 3 rings (SSSR count). The molecule has 2 heterocycles. The van der Waals surface area contributed by atoms with Crippen LogP contribution in [0.15, 0.2) is 30.5 Å². The zero-order valence-electron chi connectivity index (χ0n) is 15.1. The number of hydrogen-bond donors (Lipinski definition) is 0. The second-order valence-electron chi connectivity index (χ2n) is 7.69. The summed E-state index contributed by atoms with van der Waals surface area (Å²) in [5, 5.41) is 0.578. The van der Waals surface area contributed by atoms with Crippen LogP contribution in [0.1, 0.15) is 45.2 Å². The van der Waals surface area contributed by atoms with Gasteiger partial charge in [0, 0.05) is 36.2 Å². The molecule has 0 N–H and O–H groups in total. The van der Waals surface area contributed by atoms with Gasteiger partial charge in [-0.2, -0.15) is 13.2 Å². The number of nitrogens with zero attached hydrogens (tertiary/aromatic N) is 2. The molecule has 0 atom stereocenters. The van der Waals surface area contributed by atoms with Gasteiger partial charge in [0.15, 0.2) is 0 Å². The predicted octanol–water partition coefficient (Wildman–Crippen LogP) is 5.23. The summed E-state index contributed by atoms with van der Waals surface area (Å²) in [6.45, 7) is 6.64. The number of hydrogen-bond acceptors (Lipinski definition) is 2. The average molecular weight is 368 g/mol. The third-order valence-electron chi connectivity index (χ3n) is 4.56. The highest BCUT2D eigenvalue weighted by atomic mass is 19.4.